The van der Waals surface area contributed by atoms with Crippen molar-refractivity contribution in [1.29, 1.82) is 0 Å². The second-order valence-electron chi connectivity index (χ2n) is 35.3. The predicted octanol–water partition coefficient (Wildman–Crippen LogP) is 18.1. The smallest absolute Gasteiger partial charge is 0.481 e. The van der Waals surface area contributed by atoms with E-state index in [-0.39, 0.29) is 64.8 Å². The topological polar surface area (TPSA) is 456 Å². The first-order chi connectivity index (χ1) is 64.2. The minimum Gasteiger partial charge on any atom is -0.481 e. The fourth-order valence-electron chi connectivity index (χ4n) is 15.5. The monoisotopic (exact) mass is 1860 g/mol. The summed E-state index contributed by atoms with van der Waals surface area (Å²) in [5, 5.41) is 27.1. The number of aromatic nitrogens is 14. The number of carbonyl (C=O) groups excluding carboxylic acids is 2. The lowest BCUT2D eigenvalue weighted by molar-refractivity contribution is -0.192. The van der Waals surface area contributed by atoms with Gasteiger partial charge in [-0.1, -0.05) is 133 Å². The number of aromatic carboxylic acids is 1. The van der Waals surface area contributed by atoms with Crippen LogP contribution in [0.2, 0.25) is 5.15 Å². The van der Waals surface area contributed by atoms with Crippen molar-refractivity contribution in [1.82, 2.24) is 68.5 Å². The highest BCUT2D eigenvalue weighted by atomic mass is 35.5. The van der Waals surface area contributed by atoms with E-state index in [1.54, 1.807) is 67.7 Å². The van der Waals surface area contributed by atoms with Crippen molar-refractivity contribution >= 4 is 108 Å². The molecule has 0 spiro atoms. The van der Waals surface area contributed by atoms with Gasteiger partial charge in [0.1, 0.15) is 52.4 Å². The van der Waals surface area contributed by atoms with E-state index in [4.69, 9.17) is 73.3 Å². The molecule has 702 valence electrons. The molecule has 7 aromatic heterocycles. The van der Waals surface area contributed by atoms with Gasteiger partial charge in [0.2, 0.25) is 0 Å². The van der Waals surface area contributed by atoms with Crippen LogP contribution in [0, 0.1) is 57.3 Å². The zero-order valence-electron chi connectivity index (χ0n) is 76.2. The molecule has 4 fully saturated rings. The number of ether oxygens (including phenoxy) is 2. The van der Waals surface area contributed by atoms with Crippen LogP contribution in [0.15, 0.2) is 234 Å². The summed E-state index contributed by atoms with van der Waals surface area (Å²) in [6.07, 6.45) is 10.3. The van der Waals surface area contributed by atoms with Crippen molar-refractivity contribution in [3.63, 3.8) is 0 Å². The second-order valence-corrected chi connectivity index (χ2v) is 35.7. The molecule has 135 heavy (non-hydrogen) atoms. The summed E-state index contributed by atoms with van der Waals surface area (Å²) in [6.45, 7) is 18.5. The van der Waals surface area contributed by atoms with Gasteiger partial charge in [-0.2, -0.15) is 13.2 Å². The van der Waals surface area contributed by atoms with E-state index >= 15 is 0 Å². The minimum absolute atomic E-state index is 0.00271. The van der Waals surface area contributed by atoms with Crippen LogP contribution in [0.1, 0.15) is 179 Å². The summed E-state index contributed by atoms with van der Waals surface area (Å²) in [5.74, 6) is -2.40. The Balaban J connectivity index is 0.000000147. The zero-order chi connectivity index (χ0) is 97.3. The maximum Gasteiger partial charge on any atom is 0.490 e. The van der Waals surface area contributed by atoms with E-state index < -0.39 is 47.2 Å². The number of carboxylic acid groups (broad SMARTS) is 3. The van der Waals surface area contributed by atoms with E-state index in [0.717, 1.165) is 119 Å². The molecule has 0 bridgehead atoms. The number of aryl methyl sites for hydroxylation is 4. The number of hydrogen-bond donors (Lipinski definition) is 8. The molecule has 0 unspecified atom stereocenters. The Labute approximate surface area is 779 Å². The van der Waals surface area contributed by atoms with Gasteiger partial charge >= 0.3 is 36.0 Å². The molecule has 15 aromatic rings. The molecule has 0 radical (unpaired) electrons. The van der Waals surface area contributed by atoms with Crippen LogP contribution in [0.4, 0.5) is 24.5 Å². The van der Waals surface area contributed by atoms with Gasteiger partial charge in [-0.25, -0.2) is 54.4 Å². The lowest BCUT2D eigenvalue weighted by Gasteiger charge is -2.24. The summed E-state index contributed by atoms with van der Waals surface area (Å²) < 4.78 is 47.6. The summed E-state index contributed by atoms with van der Waals surface area (Å²) in [7, 11) is 0. The van der Waals surface area contributed by atoms with Gasteiger partial charge in [-0.3, -0.25) is 42.5 Å². The number of nitrogens with zero attached hydrogens (tertiary/aromatic N) is 12. The molecule has 4 aliphatic rings. The molecular formula is C101H107ClF3N17O13. The maximum absolute atomic E-state index is 13.8. The molecule has 8 aromatic carbocycles. The lowest BCUT2D eigenvalue weighted by Crippen LogP contribution is -2.29. The number of imidazole rings is 2. The van der Waals surface area contributed by atoms with E-state index in [0.29, 0.717) is 90.7 Å². The first kappa shape index (κ1) is 99.3. The van der Waals surface area contributed by atoms with Crippen LogP contribution in [0.5, 0.6) is 0 Å². The second kappa shape index (κ2) is 43.8. The summed E-state index contributed by atoms with van der Waals surface area (Å²) in [6, 6.07) is 60.7. The fraction of sp³-hybridized carbons (Fsp3) is 0.317. The molecule has 4 atom stereocenters. The van der Waals surface area contributed by atoms with Gasteiger partial charge in [0.15, 0.2) is 16.4 Å². The van der Waals surface area contributed by atoms with E-state index in [9.17, 15) is 46.7 Å². The highest BCUT2D eigenvalue weighted by Crippen LogP contribution is 2.47. The number of hydrogen-bond acceptors (Lipinski definition) is 22. The molecule has 34 heteroatoms. The first-order valence-corrected chi connectivity index (χ1v) is 44.4. The number of para-hydroxylation sites is 4. The standard InChI is InChI=1S/C25H22N6O.C25H28N2O3.C19H19N3O.C11H18O4.C8H9NO2.C6H7N.C5H3ClN4.C2HF3O2/c1-15-6-5-9-19-21(15)25(32)31(17-7-3-2-4-8-17)24(30-19)18(16-10-11-16)12-20-22-23(28-13-26-20)29-14-27-22;1-16-9-8-12-20-22(16)24(29)27(18-10-6-5-7-11-18)23(26-20)19(17-13-14-17)15-21(28)30-25(2,3)4;1-12-6-5-9-15-16(12)19(23)22(14-7-3-2-4-8-14)18(21-15)17(20)13-10-11-13;1-11(2,3)15-9(12)6-8(10(13)14)7-4-5-7;1-5-3-2-4-6(9)7(5)8(10)11;7-6-4-2-1-3-5-6;6-4-3-5(9-1-7-3)10-2-8-4;3-2(4,5)1(6)7/h2-9,13-14,16,18H,10-12H2,1H3,(H,26,27,28,29);5-12,17,19H,13-15H2,1-4H3;2-9,13,17H,10-11,20H2,1H3;7-8H,4-6H2,1-3H3,(H,13,14);2-4H,9H2,1H3,(H,10,11);1-5H,7H2;1-2H,(H,7,8,9,10);(H,6,7)/t18-;19-;17-;8-;;;;/m0000..../s1. The van der Waals surface area contributed by atoms with Gasteiger partial charge in [0, 0.05) is 29.6 Å². The molecular weight excluding hydrogens is 1750 g/mol. The number of nitrogens with two attached hydrogens (primary N) is 3. The van der Waals surface area contributed by atoms with Crippen molar-refractivity contribution in [2.45, 2.75) is 175 Å². The molecule has 7 heterocycles. The van der Waals surface area contributed by atoms with Gasteiger partial charge in [0.05, 0.1) is 98.5 Å². The molecule has 11 N–H and O–H groups in total. The Hall–Kier alpha value is -14.7. The van der Waals surface area contributed by atoms with Crippen LogP contribution in [0.25, 0.3) is 72.1 Å². The predicted molar refractivity (Wildman–Crippen MR) is 511 cm³/mol. The number of esters is 2. The van der Waals surface area contributed by atoms with Gasteiger partial charge in [-0.15, -0.1) is 0 Å². The zero-order valence-corrected chi connectivity index (χ0v) is 77.0. The van der Waals surface area contributed by atoms with Crippen LogP contribution in [-0.4, -0.2) is 131 Å². The van der Waals surface area contributed by atoms with E-state index in [2.05, 4.69) is 39.9 Å². The quantitative estimate of drug-likeness (QED) is 0.0225. The van der Waals surface area contributed by atoms with Crippen molar-refractivity contribution in [2.75, 3.05) is 11.5 Å². The van der Waals surface area contributed by atoms with E-state index in [1.165, 1.54) is 12.7 Å². The van der Waals surface area contributed by atoms with Crippen molar-refractivity contribution in [3.05, 3.63) is 307 Å². The lowest BCUT2D eigenvalue weighted by atomic mass is 9.95. The summed E-state index contributed by atoms with van der Waals surface area (Å²) >= 11 is 5.68. The molecule has 30 nitrogen and oxygen atoms in total. The fourth-order valence-corrected chi connectivity index (χ4v) is 15.7. The summed E-state index contributed by atoms with van der Waals surface area (Å²) in [5.41, 5.74) is 29.1. The number of fused-ring (bicyclic) bond motifs is 5. The first-order valence-electron chi connectivity index (χ1n) is 44.0. The SMILES string of the molecule is CC(C)(C)OC(=O)C[C@H](C(=O)O)C1CC1.Cc1cccc(N)c1C(=O)O.Cc1cccc2nc([C@@H](CC(=O)OC(C)(C)C)C3CC3)n(-c3ccccc3)c(=O)c12.Cc1cccc2nc([C@@H](Cc3ncnc4nc[nH]c34)C3CC3)n(-c3ccccc3)c(=O)c12.Cc1cccc2nc([C@@H](N)C3CC3)n(-c3ccccc3)c(=O)c12.Clc1ncnc2nc[nH]c12.Nc1ccccc1.O=C(O)C(F)(F)F. The highest BCUT2D eigenvalue weighted by Gasteiger charge is 2.42. The minimum atomic E-state index is -5.08. The molecule has 0 saturated heterocycles. The normalized spacial score (nSPS) is 14.2. The van der Waals surface area contributed by atoms with Crippen molar-refractivity contribution in [3.8, 4) is 17.1 Å². The molecule has 0 aliphatic heterocycles. The number of alkyl halides is 3. The van der Waals surface area contributed by atoms with Crippen LogP contribution >= 0.6 is 11.6 Å². The average Bonchev–Trinajstić information content (AvgIpc) is 1.20. The Morgan fingerprint density at radius 3 is 1.21 bits per heavy atom. The number of aromatic amines is 2. The number of H-pyrrole nitrogens is 2. The van der Waals surface area contributed by atoms with Crippen LogP contribution < -0.4 is 33.9 Å². The third-order valence-corrected chi connectivity index (χ3v) is 22.8. The van der Waals surface area contributed by atoms with Gasteiger partial charge in [-0.05, 0) is 239 Å². The molecule has 4 aliphatic carbocycles. The van der Waals surface area contributed by atoms with Crippen LogP contribution in [-0.2, 0) is 35.1 Å². The van der Waals surface area contributed by atoms with Gasteiger partial charge in [0.25, 0.3) is 16.7 Å². The Morgan fingerprint density at radius 1 is 0.459 bits per heavy atom. The number of carbonyl (C=O) groups is 5. The van der Waals surface area contributed by atoms with Crippen molar-refractivity contribution < 1.29 is 61.9 Å². The number of nitrogen functional groups attached to an aromatic ring is 2. The average molecular weight is 1860 g/mol. The third-order valence-electron chi connectivity index (χ3n) is 22.5. The van der Waals surface area contributed by atoms with E-state index in [1.807, 2.05) is 222 Å². The number of carboxylic acids is 3. The Kier molecular flexibility index (Phi) is 32.2. The molecule has 4 saturated carbocycles. The van der Waals surface area contributed by atoms with Gasteiger partial charge < -0.3 is 52.0 Å². The summed E-state index contributed by atoms with van der Waals surface area (Å²) in [4.78, 5) is 140. The Morgan fingerprint density at radius 2 is 0.830 bits per heavy atom. The number of nitrogens with one attached hydrogen (secondary N) is 2. The maximum atomic E-state index is 13.8. The number of benzene rings is 8. The number of halogens is 4. The Bertz CT molecular complexity index is 6890. The largest absolute Gasteiger partial charge is 0.490 e. The number of rotatable bonds is 18. The van der Waals surface area contributed by atoms with Crippen LogP contribution in [0.3, 0.4) is 0 Å². The third kappa shape index (κ3) is 26.4. The highest BCUT2D eigenvalue weighted by molar-refractivity contribution is 6.33. The number of anilines is 2. The number of aliphatic carboxylic acids is 2. The molecule has 0 amide bonds. The molecule has 19 rings (SSSR count). The van der Waals surface area contributed by atoms with Crippen molar-refractivity contribution in [2.24, 2.45) is 35.3 Å².